The van der Waals surface area contributed by atoms with Crippen LogP contribution in [0.25, 0.3) is 11.6 Å². The van der Waals surface area contributed by atoms with Gasteiger partial charge in [0.25, 0.3) is 5.91 Å². The molecule has 130 valence electrons. The normalized spacial score (nSPS) is 14.5. The highest BCUT2D eigenvalue weighted by Gasteiger charge is 2.24. The van der Waals surface area contributed by atoms with Crippen LogP contribution in [0.4, 0.5) is 11.4 Å². The molecule has 1 amide bonds. The van der Waals surface area contributed by atoms with Gasteiger partial charge in [0.05, 0.1) is 0 Å². The quantitative estimate of drug-likeness (QED) is 0.698. The Bertz CT molecular complexity index is 790. The average molecular weight is 355 g/mol. The molecule has 1 heterocycles. The first-order valence-electron chi connectivity index (χ1n) is 8.80. The highest BCUT2D eigenvalue weighted by molar-refractivity contribution is 6.36. The summed E-state index contributed by atoms with van der Waals surface area (Å²) in [7, 11) is 0. The smallest absolute Gasteiger partial charge is 0.256 e. The van der Waals surface area contributed by atoms with Crippen LogP contribution in [-0.2, 0) is 4.79 Å². The fourth-order valence-electron chi connectivity index (χ4n) is 3.16. The number of benzene rings is 2. The lowest BCUT2D eigenvalue weighted by Crippen LogP contribution is -2.24. The van der Waals surface area contributed by atoms with Gasteiger partial charge in [-0.25, -0.2) is 0 Å². The predicted molar refractivity (Wildman–Crippen MR) is 107 cm³/mol. The molecule has 2 aromatic rings. The van der Waals surface area contributed by atoms with E-state index in [1.165, 1.54) is 5.69 Å². The second-order valence-corrected chi connectivity index (χ2v) is 6.72. The Morgan fingerprint density at radius 3 is 2.36 bits per heavy atom. The van der Waals surface area contributed by atoms with Gasteiger partial charge < -0.3 is 10.2 Å². The Balaban J connectivity index is 1.87. The number of carbonyl (C=O) groups is 1. The molecule has 4 heteroatoms. The van der Waals surface area contributed by atoms with Crippen molar-refractivity contribution in [2.24, 2.45) is 0 Å². The number of nitrogens with zero attached hydrogens (tertiary/aromatic N) is 1. The molecule has 0 fully saturated rings. The van der Waals surface area contributed by atoms with Crippen LogP contribution >= 0.6 is 11.6 Å². The minimum Gasteiger partial charge on any atom is -0.372 e. The van der Waals surface area contributed by atoms with Crippen LogP contribution in [0, 0.1) is 0 Å². The van der Waals surface area contributed by atoms with Gasteiger partial charge in [-0.05, 0) is 54.8 Å². The Kier molecular flexibility index (Phi) is 5.44. The van der Waals surface area contributed by atoms with Gasteiger partial charge >= 0.3 is 0 Å². The SMILES string of the molecule is CCCN(CCC)c1ccc(/C=C2/C(=O)Nc3ccc(Cl)cc32)cc1. The van der Waals surface area contributed by atoms with E-state index < -0.39 is 0 Å². The van der Waals surface area contributed by atoms with Gasteiger partial charge in [0.2, 0.25) is 0 Å². The van der Waals surface area contributed by atoms with Crippen molar-refractivity contribution >= 4 is 40.5 Å². The fourth-order valence-corrected chi connectivity index (χ4v) is 3.33. The molecule has 3 nitrogen and oxygen atoms in total. The predicted octanol–water partition coefficient (Wildman–Crippen LogP) is 5.46. The van der Waals surface area contributed by atoms with Crippen molar-refractivity contribution in [2.45, 2.75) is 26.7 Å². The lowest BCUT2D eigenvalue weighted by atomic mass is 10.0. The van der Waals surface area contributed by atoms with Crippen LogP contribution in [0.3, 0.4) is 0 Å². The van der Waals surface area contributed by atoms with Crippen molar-refractivity contribution in [2.75, 3.05) is 23.3 Å². The molecule has 0 spiro atoms. The second kappa shape index (κ2) is 7.75. The molecule has 0 aromatic heterocycles. The molecule has 0 aliphatic carbocycles. The molecular weight excluding hydrogens is 332 g/mol. The van der Waals surface area contributed by atoms with Gasteiger partial charge in [0, 0.05) is 40.6 Å². The summed E-state index contributed by atoms with van der Waals surface area (Å²) in [6, 6.07) is 13.8. The summed E-state index contributed by atoms with van der Waals surface area (Å²) in [5.41, 5.74) is 4.57. The number of carbonyl (C=O) groups excluding carboxylic acids is 1. The Hall–Kier alpha value is -2.26. The van der Waals surface area contributed by atoms with Crippen molar-refractivity contribution < 1.29 is 4.79 Å². The number of anilines is 2. The first-order chi connectivity index (χ1) is 12.1. The van der Waals surface area contributed by atoms with Crippen molar-refractivity contribution in [3.8, 4) is 0 Å². The largest absolute Gasteiger partial charge is 0.372 e. The van der Waals surface area contributed by atoms with Crippen LogP contribution in [-0.4, -0.2) is 19.0 Å². The number of halogens is 1. The molecule has 1 aliphatic heterocycles. The van der Waals surface area contributed by atoms with E-state index in [4.69, 9.17) is 11.6 Å². The van der Waals surface area contributed by atoms with E-state index in [9.17, 15) is 4.79 Å². The van der Waals surface area contributed by atoms with E-state index in [2.05, 4.69) is 48.3 Å². The zero-order valence-electron chi connectivity index (χ0n) is 14.7. The van der Waals surface area contributed by atoms with E-state index in [0.717, 1.165) is 42.7 Å². The molecule has 0 saturated carbocycles. The lowest BCUT2D eigenvalue weighted by molar-refractivity contribution is -0.110. The number of hydrogen-bond donors (Lipinski definition) is 1. The molecule has 0 atom stereocenters. The van der Waals surface area contributed by atoms with Gasteiger partial charge in [0.15, 0.2) is 0 Å². The number of rotatable bonds is 6. The van der Waals surface area contributed by atoms with Crippen molar-refractivity contribution in [1.82, 2.24) is 0 Å². The zero-order chi connectivity index (χ0) is 17.8. The monoisotopic (exact) mass is 354 g/mol. The summed E-state index contributed by atoms with van der Waals surface area (Å²) < 4.78 is 0. The zero-order valence-corrected chi connectivity index (χ0v) is 15.4. The van der Waals surface area contributed by atoms with Gasteiger partial charge in [0.1, 0.15) is 0 Å². The topological polar surface area (TPSA) is 32.3 Å². The first kappa shape index (κ1) is 17.6. The van der Waals surface area contributed by atoms with Crippen LogP contribution < -0.4 is 10.2 Å². The van der Waals surface area contributed by atoms with E-state index in [-0.39, 0.29) is 5.91 Å². The first-order valence-corrected chi connectivity index (χ1v) is 9.18. The van der Waals surface area contributed by atoms with Gasteiger partial charge in [-0.2, -0.15) is 0 Å². The number of amides is 1. The molecule has 0 saturated heterocycles. The third-order valence-electron chi connectivity index (χ3n) is 4.32. The number of hydrogen-bond acceptors (Lipinski definition) is 2. The van der Waals surface area contributed by atoms with Crippen molar-refractivity contribution in [1.29, 1.82) is 0 Å². The molecule has 0 unspecified atom stereocenters. The summed E-state index contributed by atoms with van der Waals surface area (Å²) in [4.78, 5) is 14.7. The van der Waals surface area contributed by atoms with Gasteiger partial charge in [-0.1, -0.05) is 37.6 Å². The number of nitrogens with one attached hydrogen (secondary N) is 1. The van der Waals surface area contributed by atoms with Crippen LogP contribution in [0.15, 0.2) is 42.5 Å². The van der Waals surface area contributed by atoms with E-state index in [1.807, 2.05) is 18.2 Å². The standard InChI is InChI=1S/C21H23ClN2O/c1-3-11-24(12-4-2)17-8-5-15(6-9-17)13-19-18-14-16(22)7-10-20(18)23-21(19)25/h5-10,13-14H,3-4,11-12H2,1-2H3,(H,23,25)/b19-13+. The summed E-state index contributed by atoms with van der Waals surface area (Å²) in [6.45, 7) is 6.51. The average Bonchev–Trinajstić information content (AvgIpc) is 2.91. The summed E-state index contributed by atoms with van der Waals surface area (Å²) in [6.07, 6.45) is 4.18. The third-order valence-corrected chi connectivity index (χ3v) is 4.56. The van der Waals surface area contributed by atoms with Gasteiger partial charge in [-0.15, -0.1) is 0 Å². The van der Waals surface area contributed by atoms with E-state index >= 15 is 0 Å². The third kappa shape index (κ3) is 3.88. The maximum Gasteiger partial charge on any atom is 0.256 e. The molecule has 2 aromatic carbocycles. The molecule has 25 heavy (non-hydrogen) atoms. The lowest BCUT2D eigenvalue weighted by Gasteiger charge is -2.23. The highest BCUT2D eigenvalue weighted by atomic mass is 35.5. The Morgan fingerprint density at radius 2 is 1.72 bits per heavy atom. The molecule has 3 rings (SSSR count). The summed E-state index contributed by atoms with van der Waals surface area (Å²) in [5.74, 6) is -0.0834. The van der Waals surface area contributed by atoms with E-state index in [0.29, 0.717) is 10.6 Å². The Labute approximate surface area is 154 Å². The maximum absolute atomic E-state index is 12.3. The van der Waals surface area contributed by atoms with Crippen molar-refractivity contribution in [3.63, 3.8) is 0 Å². The second-order valence-electron chi connectivity index (χ2n) is 6.28. The summed E-state index contributed by atoms with van der Waals surface area (Å²) in [5, 5.41) is 3.51. The van der Waals surface area contributed by atoms with Crippen LogP contribution in [0.5, 0.6) is 0 Å². The van der Waals surface area contributed by atoms with Crippen LogP contribution in [0.2, 0.25) is 5.02 Å². The molecular formula is C21H23ClN2O. The highest BCUT2D eigenvalue weighted by Crippen LogP contribution is 2.35. The summed E-state index contributed by atoms with van der Waals surface area (Å²) >= 11 is 6.08. The molecule has 1 N–H and O–H groups in total. The van der Waals surface area contributed by atoms with E-state index in [1.54, 1.807) is 6.07 Å². The molecule has 0 bridgehead atoms. The maximum atomic E-state index is 12.3. The minimum absolute atomic E-state index is 0.0834. The Morgan fingerprint density at radius 1 is 1.04 bits per heavy atom. The minimum atomic E-state index is -0.0834. The fraction of sp³-hybridized carbons (Fsp3) is 0.286. The van der Waals surface area contributed by atoms with Crippen molar-refractivity contribution in [3.05, 3.63) is 58.6 Å². The van der Waals surface area contributed by atoms with Crippen LogP contribution in [0.1, 0.15) is 37.8 Å². The number of fused-ring (bicyclic) bond motifs is 1. The van der Waals surface area contributed by atoms with Gasteiger partial charge in [-0.3, -0.25) is 4.79 Å². The molecule has 1 aliphatic rings. The molecule has 0 radical (unpaired) electrons.